The van der Waals surface area contributed by atoms with Crippen LogP contribution in [0.1, 0.15) is 17.3 Å². The number of carbonyl (C=O) groups is 2. The van der Waals surface area contributed by atoms with E-state index in [0.717, 1.165) is 43.6 Å². The van der Waals surface area contributed by atoms with Crippen LogP contribution in [0.4, 0.5) is 15.8 Å². The Bertz CT molecular complexity index is 917. The number of hydrogen-bond acceptors (Lipinski definition) is 5. The Hall–Kier alpha value is -2.09. The molecule has 0 aliphatic carbocycles. The highest BCUT2D eigenvalue weighted by Crippen LogP contribution is 2.30. The Morgan fingerprint density at radius 1 is 1.14 bits per heavy atom. The molecule has 0 bridgehead atoms. The second-order valence-electron chi connectivity index (χ2n) is 6.99. The molecule has 1 aliphatic rings. The number of benzene rings is 2. The van der Waals surface area contributed by atoms with Crippen LogP contribution in [-0.2, 0) is 4.79 Å². The van der Waals surface area contributed by atoms with E-state index in [9.17, 15) is 14.0 Å². The van der Waals surface area contributed by atoms with Gasteiger partial charge in [0.15, 0.2) is 5.78 Å². The Morgan fingerprint density at radius 3 is 2.52 bits per heavy atom. The van der Waals surface area contributed by atoms with Crippen molar-refractivity contribution in [2.75, 3.05) is 49.2 Å². The molecule has 1 fully saturated rings. The minimum Gasteiger partial charge on any atom is -0.367 e. The van der Waals surface area contributed by atoms with Crippen molar-refractivity contribution in [1.82, 2.24) is 4.90 Å². The minimum absolute atomic E-state index is 0.0467. The van der Waals surface area contributed by atoms with Crippen molar-refractivity contribution < 1.29 is 14.0 Å². The summed E-state index contributed by atoms with van der Waals surface area (Å²) in [6, 6.07) is 9.75. The van der Waals surface area contributed by atoms with Crippen LogP contribution in [-0.4, -0.2) is 55.6 Å². The zero-order valence-corrected chi connectivity index (χ0v) is 17.9. The molecule has 1 N–H and O–H groups in total. The first kappa shape index (κ1) is 21.6. The number of carbonyl (C=O) groups excluding carboxylic acids is 2. The maximum absolute atomic E-state index is 14.1. The summed E-state index contributed by atoms with van der Waals surface area (Å²) in [6.07, 6.45) is 0. The van der Waals surface area contributed by atoms with Crippen molar-refractivity contribution in [2.24, 2.45) is 0 Å². The van der Waals surface area contributed by atoms with E-state index in [1.807, 2.05) is 12.1 Å². The van der Waals surface area contributed by atoms with Gasteiger partial charge in [0.05, 0.1) is 17.1 Å². The molecule has 1 heterocycles. The first-order valence-corrected chi connectivity index (χ1v) is 10.7. The fourth-order valence-corrected chi connectivity index (χ4v) is 3.99. The Balaban J connectivity index is 1.66. The number of ketones is 1. The lowest BCUT2D eigenvalue weighted by atomic mass is 10.1. The molecule has 1 saturated heterocycles. The molecule has 29 heavy (non-hydrogen) atoms. The summed E-state index contributed by atoms with van der Waals surface area (Å²) >= 11 is 7.23. The van der Waals surface area contributed by atoms with Gasteiger partial charge in [-0.15, -0.1) is 11.8 Å². The molecule has 0 atom stereocenters. The molecule has 0 radical (unpaired) electrons. The predicted octanol–water partition coefficient (Wildman–Crippen LogP) is 4.16. The van der Waals surface area contributed by atoms with Crippen molar-refractivity contribution in [2.45, 2.75) is 11.8 Å². The van der Waals surface area contributed by atoms with Crippen LogP contribution in [0.2, 0.25) is 5.02 Å². The number of likely N-dealkylation sites (N-methyl/N-ethyl adjacent to an activating group) is 1. The van der Waals surface area contributed by atoms with Crippen LogP contribution < -0.4 is 10.2 Å². The number of halogens is 2. The van der Waals surface area contributed by atoms with Crippen molar-refractivity contribution in [3.63, 3.8) is 0 Å². The Kier molecular flexibility index (Phi) is 7.16. The maximum atomic E-state index is 14.1. The van der Waals surface area contributed by atoms with Gasteiger partial charge in [-0.3, -0.25) is 9.59 Å². The molecule has 0 spiro atoms. The molecular formula is C21H23ClFN3O2S. The number of piperazine rings is 1. The molecule has 1 aliphatic heterocycles. The molecule has 0 saturated carbocycles. The summed E-state index contributed by atoms with van der Waals surface area (Å²) in [4.78, 5) is 28.6. The zero-order valence-electron chi connectivity index (χ0n) is 16.4. The fraction of sp³-hybridized carbons (Fsp3) is 0.333. The molecule has 5 nitrogen and oxygen atoms in total. The van der Waals surface area contributed by atoms with Gasteiger partial charge in [0.2, 0.25) is 5.91 Å². The first-order chi connectivity index (χ1) is 13.8. The van der Waals surface area contributed by atoms with Crippen LogP contribution >= 0.6 is 23.4 Å². The first-order valence-electron chi connectivity index (χ1n) is 9.29. The third kappa shape index (κ3) is 5.72. The highest BCUT2D eigenvalue weighted by atomic mass is 35.5. The lowest BCUT2D eigenvalue weighted by molar-refractivity contribution is -0.113. The standard InChI is InChI=1S/C21H23ClFN3O2S/c1-14(27)15-3-6-20(17(23)11-15)29-13-21(28)24-18-12-16(22)4-5-19(18)26-9-7-25(2)8-10-26/h3-6,11-12H,7-10,13H2,1-2H3,(H,24,28). The Labute approximate surface area is 179 Å². The Morgan fingerprint density at radius 2 is 1.86 bits per heavy atom. The molecule has 1 amide bonds. The second kappa shape index (κ2) is 9.61. The van der Waals surface area contributed by atoms with E-state index in [2.05, 4.69) is 22.2 Å². The number of Topliss-reactive ketones (excluding diaryl/α,β-unsaturated/α-hetero) is 1. The van der Waals surface area contributed by atoms with Crippen LogP contribution in [0.25, 0.3) is 0 Å². The van der Waals surface area contributed by atoms with E-state index in [0.29, 0.717) is 21.2 Å². The third-order valence-electron chi connectivity index (χ3n) is 4.77. The molecule has 3 rings (SSSR count). The molecule has 2 aromatic rings. The number of nitrogens with zero attached hydrogens (tertiary/aromatic N) is 2. The fourth-order valence-electron chi connectivity index (χ4n) is 3.10. The lowest BCUT2D eigenvalue weighted by Gasteiger charge is -2.35. The van der Waals surface area contributed by atoms with Gasteiger partial charge in [0, 0.05) is 41.7 Å². The summed E-state index contributed by atoms with van der Waals surface area (Å²) in [5.74, 6) is -0.903. The summed E-state index contributed by atoms with van der Waals surface area (Å²) in [6.45, 7) is 5.01. The second-order valence-corrected chi connectivity index (χ2v) is 8.44. The monoisotopic (exact) mass is 435 g/mol. The SMILES string of the molecule is CC(=O)c1ccc(SCC(=O)Nc2cc(Cl)ccc2N2CCN(C)CC2)c(F)c1. The third-order valence-corrected chi connectivity index (χ3v) is 6.06. The van der Waals surface area contributed by atoms with Gasteiger partial charge in [0.25, 0.3) is 0 Å². The minimum atomic E-state index is -0.503. The smallest absolute Gasteiger partial charge is 0.234 e. The average molecular weight is 436 g/mol. The van der Waals surface area contributed by atoms with Crippen LogP contribution in [0.15, 0.2) is 41.3 Å². The molecule has 8 heteroatoms. The number of thioether (sulfide) groups is 1. The summed E-state index contributed by atoms with van der Waals surface area (Å²) < 4.78 is 14.1. The van der Waals surface area contributed by atoms with E-state index < -0.39 is 5.82 Å². The number of amides is 1. The highest BCUT2D eigenvalue weighted by molar-refractivity contribution is 8.00. The predicted molar refractivity (Wildman–Crippen MR) is 117 cm³/mol. The van der Waals surface area contributed by atoms with E-state index in [4.69, 9.17) is 11.6 Å². The van der Waals surface area contributed by atoms with Crippen molar-refractivity contribution in [1.29, 1.82) is 0 Å². The van der Waals surface area contributed by atoms with Gasteiger partial charge in [-0.1, -0.05) is 17.7 Å². The largest absolute Gasteiger partial charge is 0.367 e. The van der Waals surface area contributed by atoms with Crippen molar-refractivity contribution >= 4 is 46.4 Å². The molecule has 154 valence electrons. The average Bonchev–Trinajstić information content (AvgIpc) is 2.68. The van der Waals surface area contributed by atoms with Crippen molar-refractivity contribution in [3.05, 3.63) is 52.8 Å². The van der Waals surface area contributed by atoms with Gasteiger partial charge < -0.3 is 15.1 Å². The zero-order chi connectivity index (χ0) is 21.0. The van der Waals surface area contributed by atoms with Crippen LogP contribution in [0.3, 0.4) is 0 Å². The van der Waals surface area contributed by atoms with Gasteiger partial charge in [-0.25, -0.2) is 4.39 Å². The molecule has 0 unspecified atom stereocenters. The number of hydrogen-bond donors (Lipinski definition) is 1. The summed E-state index contributed by atoms with van der Waals surface area (Å²) in [5, 5.41) is 3.44. The van der Waals surface area contributed by atoms with Crippen LogP contribution in [0.5, 0.6) is 0 Å². The molecule has 2 aromatic carbocycles. The number of anilines is 2. The van der Waals surface area contributed by atoms with E-state index in [1.165, 1.54) is 19.1 Å². The lowest BCUT2D eigenvalue weighted by Crippen LogP contribution is -2.44. The summed E-state index contributed by atoms with van der Waals surface area (Å²) in [5.41, 5.74) is 1.89. The van der Waals surface area contributed by atoms with E-state index >= 15 is 0 Å². The van der Waals surface area contributed by atoms with E-state index in [-0.39, 0.29) is 17.4 Å². The van der Waals surface area contributed by atoms with Crippen molar-refractivity contribution in [3.8, 4) is 0 Å². The summed E-state index contributed by atoms with van der Waals surface area (Å²) in [7, 11) is 2.08. The van der Waals surface area contributed by atoms with Gasteiger partial charge >= 0.3 is 0 Å². The number of rotatable bonds is 6. The van der Waals surface area contributed by atoms with Crippen LogP contribution in [0, 0.1) is 5.82 Å². The van der Waals surface area contributed by atoms with Gasteiger partial charge in [0.1, 0.15) is 5.82 Å². The quantitative estimate of drug-likeness (QED) is 0.545. The number of nitrogens with one attached hydrogen (secondary N) is 1. The van der Waals surface area contributed by atoms with E-state index in [1.54, 1.807) is 12.1 Å². The van der Waals surface area contributed by atoms with Gasteiger partial charge in [-0.2, -0.15) is 0 Å². The highest BCUT2D eigenvalue weighted by Gasteiger charge is 2.18. The maximum Gasteiger partial charge on any atom is 0.234 e. The molecular weight excluding hydrogens is 413 g/mol. The topological polar surface area (TPSA) is 52.7 Å². The normalized spacial score (nSPS) is 14.7. The molecule has 0 aromatic heterocycles. The van der Waals surface area contributed by atoms with Gasteiger partial charge in [-0.05, 0) is 44.3 Å².